The van der Waals surface area contributed by atoms with E-state index in [9.17, 15) is 4.79 Å². The maximum atomic E-state index is 11.7. The number of nitrogens with one attached hydrogen (secondary N) is 1. The Hall–Kier alpha value is -2.49. The molecule has 27 heavy (non-hydrogen) atoms. The van der Waals surface area contributed by atoms with Gasteiger partial charge in [-0.2, -0.15) is 0 Å². The van der Waals surface area contributed by atoms with Crippen LogP contribution in [0.1, 0.15) is 6.92 Å². The van der Waals surface area contributed by atoms with Crippen molar-refractivity contribution in [2.45, 2.75) is 37.6 Å². The third-order valence-corrected chi connectivity index (χ3v) is 3.53. The smallest absolute Gasteiger partial charge is 0.217 e. The molecular weight excluding hydrogens is 350 g/mol. The van der Waals surface area contributed by atoms with Gasteiger partial charge >= 0.3 is 0 Å². The van der Waals surface area contributed by atoms with Crippen LogP contribution in [-0.4, -0.2) is 69.6 Å². The molecule has 1 saturated heterocycles. The summed E-state index contributed by atoms with van der Waals surface area (Å²) in [7, 11) is 0. The summed E-state index contributed by atoms with van der Waals surface area (Å²) in [6.07, 6.45) is 18.1. The first kappa shape index (κ1) is 22.6. The third-order valence-electron chi connectivity index (χ3n) is 3.53. The number of carbonyl (C=O) groups is 1. The summed E-state index contributed by atoms with van der Waals surface area (Å²) in [5.41, 5.74) is 0. The van der Waals surface area contributed by atoms with Crippen molar-refractivity contribution >= 4 is 5.91 Å². The van der Waals surface area contributed by atoms with E-state index < -0.39 is 30.6 Å². The molecule has 0 aliphatic carbocycles. The molecule has 1 amide bonds. The summed E-state index contributed by atoms with van der Waals surface area (Å²) in [4.78, 5) is 11.7. The molecule has 0 saturated carbocycles. The molecule has 7 nitrogen and oxygen atoms in total. The van der Waals surface area contributed by atoms with Gasteiger partial charge in [0.05, 0.1) is 6.61 Å². The van der Waals surface area contributed by atoms with Crippen molar-refractivity contribution in [3.63, 3.8) is 0 Å². The van der Waals surface area contributed by atoms with Gasteiger partial charge in [0.2, 0.25) is 5.91 Å². The van der Waals surface area contributed by atoms with Crippen molar-refractivity contribution in [3.8, 4) is 49.4 Å². The van der Waals surface area contributed by atoms with E-state index in [1.54, 1.807) is 0 Å². The first-order valence-corrected chi connectivity index (χ1v) is 8.18. The second kappa shape index (κ2) is 12.8. The van der Waals surface area contributed by atoms with Gasteiger partial charge in [-0.3, -0.25) is 4.79 Å². The summed E-state index contributed by atoms with van der Waals surface area (Å²) in [5.74, 6) is 9.19. The summed E-state index contributed by atoms with van der Waals surface area (Å²) < 4.78 is 28.3. The second-order valence-electron chi connectivity index (χ2n) is 5.46. The summed E-state index contributed by atoms with van der Waals surface area (Å²) in [5, 5.41) is 2.74. The van der Waals surface area contributed by atoms with Crippen LogP contribution in [0.25, 0.3) is 0 Å². The first-order valence-electron chi connectivity index (χ1n) is 8.18. The number of ether oxygens (including phenoxy) is 5. The second-order valence-corrected chi connectivity index (χ2v) is 5.46. The topological polar surface area (TPSA) is 75.2 Å². The van der Waals surface area contributed by atoms with Crippen molar-refractivity contribution in [2.24, 2.45) is 0 Å². The zero-order valence-electron chi connectivity index (χ0n) is 15.2. The SMILES string of the molecule is C#CCOC[C@H]1O[C@@H](OCC#C)[C@H](NC(C)=O)[C@@H](OCC#C)[C@@H]1OCC#C. The molecule has 5 atom stereocenters. The highest BCUT2D eigenvalue weighted by molar-refractivity contribution is 5.73. The fraction of sp³-hybridized carbons (Fsp3) is 0.550. The van der Waals surface area contributed by atoms with Crippen LogP contribution in [0.4, 0.5) is 0 Å². The van der Waals surface area contributed by atoms with Gasteiger partial charge < -0.3 is 29.0 Å². The average molecular weight is 373 g/mol. The van der Waals surface area contributed by atoms with Gasteiger partial charge in [-0.25, -0.2) is 0 Å². The largest absolute Gasteiger partial charge is 0.366 e. The standard InChI is InChI=1S/C20H23NO6/c1-6-10-23-14-16-18(24-11-7-2)19(25-12-8-3)17(21-15(5)22)20(27-16)26-13-9-4/h1-4,16-20H,10-14H2,5H3,(H,21,22)/t16-,17-,18-,19-,20-/m1/s1. The van der Waals surface area contributed by atoms with Crippen LogP contribution in [0, 0.1) is 49.4 Å². The average Bonchev–Trinajstić information content (AvgIpc) is 2.65. The molecule has 1 rings (SSSR count). The Bertz CT molecular complexity index is 635. The molecule has 1 fully saturated rings. The molecule has 1 heterocycles. The van der Waals surface area contributed by atoms with Crippen LogP contribution in [0.15, 0.2) is 0 Å². The molecule has 1 N–H and O–H groups in total. The van der Waals surface area contributed by atoms with Gasteiger partial charge in [0.25, 0.3) is 0 Å². The van der Waals surface area contributed by atoms with Crippen LogP contribution >= 0.6 is 0 Å². The Labute approximate surface area is 160 Å². The zero-order chi connectivity index (χ0) is 20.1. The molecule has 1 aliphatic heterocycles. The van der Waals surface area contributed by atoms with Crippen LogP contribution in [-0.2, 0) is 28.5 Å². The minimum absolute atomic E-state index is 0.00174. The van der Waals surface area contributed by atoms with Gasteiger partial charge in [-0.05, 0) is 0 Å². The van der Waals surface area contributed by atoms with Gasteiger partial charge in [-0.1, -0.05) is 23.7 Å². The Morgan fingerprint density at radius 2 is 1.48 bits per heavy atom. The molecule has 0 radical (unpaired) electrons. The van der Waals surface area contributed by atoms with E-state index in [4.69, 9.17) is 49.4 Å². The number of hydrogen-bond acceptors (Lipinski definition) is 6. The molecule has 144 valence electrons. The van der Waals surface area contributed by atoms with Crippen LogP contribution in [0.3, 0.4) is 0 Å². The predicted octanol–water partition coefficient (Wildman–Crippen LogP) is -0.448. The number of rotatable bonds is 10. The molecule has 0 aromatic rings. The van der Waals surface area contributed by atoms with E-state index >= 15 is 0 Å². The lowest BCUT2D eigenvalue weighted by Gasteiger charge is -2.45. The van der Waals surface area contributed by atoms with E-state index in [0.29, 0.717) is 0 Å². The van der Waals surface area contributed by atoms with Crippen LogP contribution < -0.4 is 5.32 Å². The lowest BCUT2D eigenvalue weighted by Crippen LogP contribution is -2.66. The Morgan fingerprint density at radius 1 is 0.926 bits per heavy atom. The summed E-state index contributed by atoms with van der Waals surface area (Å²) in [6, 6.07) is -0.726. The Balaban J connectivity index is 3.14. The number of carbonyl (C=O) groups excluding carboxylic acids is 1. The molecule has 0 aromatic heterocycles. The molecule has 0 unspecified atom stereocenters. The maximum absolute atomic E-state index is 11.7. The lowest BCUT2D eigenvalue weighted by molar-refractivity contribution is -0.280. The van der Waals surface area contributed by atoms with Crippen LogP contribution in [0.2, 0.25) is 0 Å². The Kier molecular flexibility index (Phi) is 10.7. The third kappa shape index (κ3) is 7.33. The monoisotopic (exact) mass is 373 g/mol. The van der Waals surface area contributed by atoms with Gasteiger partial charge in [-0.15, -0.1) is 25.7 Å². The molecular formula is C20H23NO6. The van der Waals surface area contributed by atoms with E-state index in [2.05, 4.69) is 29.0 Å². The molecule has 0 spiro atoms. The maximum Gasteiger partial charge on any atom is 0.217 e. The molecule has 7 heteroatoms. The first-order chi connectivity index (χ1) is 13.1. The van der Waals surface area contributed by atoms with E-state index in [0.717, 1.165) is 0 Å². The van der Waals surface area contributed by atoms with Crippen molar-refractivity contribution in [1.82, 2.24) is 5.32 Å². The van der Waals surface area contributed by atoms with Crippen molar-refractivity contribution < 1.29 is 28.5 Å². The highest BCUT2D eigenvalue weighted by Crippen LogP contribution is 2.27. The van der Waals surface area contributed by atoms with Gasteiger partial charge in [0.1, 0.15) is 50.8 Å². The number of amides is 1. The van der Waals surface area contributed by atoms with Crippen molar-refractivity contribution in [1.29, 1.82) is 0 Å². The minimum Gasteiger partial charge on any atom is -0.366 e. The minimum atomic E-state index is -0.905. The molecule has 0 aromatic carbocycles. The van der Waals surface area contributed by atoms with E-state index in [-0.39, 0.29) is 38.9 Å². The summed E-state index contributed by atoms with van der Waals surface area (Å²) >= 11 is 0. The van der Waals surface area contributed by atoms with Gasteiger partial charge in [0.15, 0.2) is 6.29 Å². The predicted molar refractivity (Wildman–Crippen MR) is 97.8 cm³/mol. The molecule has 1 aliphatic rings. The Morgan fingerprint density at radius 3 is 2.04 bits per heavy atom. The fourth-order valence-electron chi connectivity index (χ4n) is 2.62. The van der Waals surface area contributed by atoms with E-state index in [1.807, 2.05) is 0 Å². The summed E-state index contributed by atoms with van der Waals surface area (Å²) in [6.45, 7) is 1.49. The normalized spacial score (nSPS) is 26.8. The molecule has 0 bridgehead atoms. The van der Waals surface area contributed by atoms with Crippen molar-refractivity contribution in [2.75, 3.05) is 33.0 Å². The number of hydrogen-bond donors (Lipinski definition) is 1. The lowest BCUT2D eigenvalue weighted by atomic mass is 9.96. The quantitative estimate of drug-likeness (QED) is 0.413. The fourth-order valence-corrected chi connectivity index (χ4v) is 2.62. The van der Waals surface area contributed by atoms with Crippen LogP contribution in [0.5, 0.6) is 0 Å². The van der Waals surface area contributed by atoms with E-state index in [1.165, 1.54) is 6.92 Å². The van der Waals surface area contributed by atoms with Crippen molar-refractivity contribution in [3.05, 3.63) is 0 Å². The van der Waals surface area contributed by atoms with Gasteiger partial charge in [0, 0.05) is 6.92 Å². The zero-order valence-corrected chi connectivity index (χ0v) is 15.2. The highest BCUT2D eigenvalue weighted by Gasteiger charge is 2.48. The number of terminal acetylenes is 4. The highest BCUT2D eigenvalue weighted by atomic mass is 16.7.